The molecule has 1 saturated heterocycles. The van der Waals surface area contributed by atoms with Crippen molar-refractivity contribution < 1.29 is 19.1 Å². The third-order valence-corrected chi connectivity index (χ3v) is 5.87. The van der Waals surface area contributed by atoms with Crippen LogP contribution >= 0.6 is 11.6 Å². The van der Waals surface area contributed by atoms with Crippen molar-refractivity contribution in [1.82, 2.24) is 14.7 Å². The number of hydrogen-bond acceptors (Lipinski definition) is 5. The highest BCUT2D eigenvalue weighted by Crippen LogP contribution is 2.25. The molecule has 2 amide bonds. The van der Waals surface area contributed by atoms with Gasteiger partial charge in [-0.2, -0.15) is 0 Å². The van der Waals surface area contributed by atoms with E-state index in [1.54, 1.807) is 53.2 Å². The van der Waals surface area contributed by atoms with Crippen LogP contribution in [-0.4, -0.2) is 46.2 Å². The zero-order valence-corrected chi connectivity index (χ0v) is 19.8. The van der Waals surface area contributed by atoms with Crippen LogP contribution < -0.4 is 10.6 Å². The molecule has 1 aliphatic heterocycles. The van der Waals surface area contributed by atoms with Crippen LogP contribution in [0.1, 0.15) is 43.6 Å². The van der Waals surface area contributed by atoms with Gasteiger partial charge in [0.05, 0.1) is 23.2 Å². The number of fused-ring (bicyclic) bond motifs is 1. The molecule has 1 atom stereocenters. The first-order valence-electron chi connectivity index (χ1n) is 10.7. The van der Waals surface area contributed by atoms with Gasteiger partial charge in [0.1, 0.15) is 11.8 Å². The zero-order chi connectivity index (χ0) is 23.8. The highest BCUT2D eigenvalue weighted by Gasteiger charge is 2.35. The van der Waals surface area contributed by atoms with Crippen LogP contribution in [0.15, 0.2) is 48.8 Å². The number of nitrogens with one attached hydrogen (secondary N) is 2. The summed E-state index contributed by atoms with van der Waals surface area (Å²) in [6.07, 6.45) is 3.23. The minimum atomic E-state index is -0.787. The normalized spacial score (nSPS) is 17.8. The van der Waals surface area contributed by atoms with Gasteiger partial charge < -0.3 is 24.5 Å². The summed E-state index contributed by atoms with van der Waals surface area (Å²) in [5.41, 5.74) is 1.15. The molecule has 4 rings (SSSR count). The van der Waals surface area contributed by atoms with Crippen molar-refractivity contribution in [2.75, 3.05) is 18.5 Å². The molecule has 9 heteroatoms. The summed E-state index contributed by atoms with van der Waals surface area (Å²) >= 11 is 5.99. The van der Waals surface area contributed by atoms with Crippen molar-refractivity contribution in [3.8, 4) is 0 Å². The maximum absolute atomic E-state index is 12.8. The first-order valence-corrected chi connectivity index (χ1v) is 11.1. The lowest BCUT2D eigenvalue weighted by molar-refractivity contribution is -0.140. The highest BCUT2D eigenvalue weighted by molar-refractivity contribution is 6.30. The number of ether oxygens (including phenoxy) is 2. The topological polar surface area (TPSA) is 94.0 Å². The van der Waals surface area contributed by atoms with Gasteiger partial charge in [0.2, 0.25) is 5.91 Å². The lowest BCUT2D eigenvalue weighted by atomic mass is 9.83. The van der Waals surface area contributed by atoms with Crippen molar-refractivity contribution in [2.24, 2.45) is 0 Å². The molecule has 0 bridgehead atoms. The molecule has 0 radical (unpaired) electrons. The fraction of sp³-hybridized carbons (Fsp3) is 0.375. The van der Waals surface area contributed by atoms with Crippen LogP contribution in [0, 0.1) is 0 Å². The molecule has 2 N–H and O–H groups in total. The molecule has 8 nitrogen and oxygen atoms in total. The summed E-state index contributed by atoms with van der Waals surface area (Å²) in [4.78, 5) is 29.9. The molecule has 3 aromatic rings. The van der Waals surface area contributed by atoms with Crippen molar-refractivity contribution in [2.45, 2.75) is 45.0 Å². The second kappa shape index (κ2) is 8.78. The zero-order valence-electron chi connectivity index (χ0n) is 19.0. The van der Waals surface area contributed by atoms with E-state index < -0.39 is 11.2 Å². The van der Waals surface area contributed by atoms with E-state index in [4.69, 9.17) is 21.1 Å². The lowest BCUT2D eigenvalue weighted by Gasteiger charge is -2.25. The second-order valence-electron chi connectivity index (χ2n) is 9.06. The number of aromatic nitrogens is 2. The van der Waals surface area contributed by atoms with E-state index in [0.717, 1.165) is 5.56 Å². The Balaban J connectivity index is 1.38. The number of carbonyl (C=O) groups excluding carboxylic acids is 2. The van der Waals surface area contributed by atoms with E-state index in [2.05, 4.69) is 15.6 Å². The fourth-order valence-electron chi connectivity index (χ4n) is 3.67. The van der Waals surface area contributed by atoms with Crippen LogP contribution in [0.25, 0.3) is 5.65 Å². The summed E-state index contributed by atoms with van der Waals surface area (Å²) in [5, 5.41) is 6.31. The Bertz CT molecular complexity index is 1190. The van der Waals surface area contributed by atoms with Crippen molar-refractivity contribution >= 4 is 34.9 Å². The Hall–Kier alpha value is -2.94. The molecule has 1 aromatic carbocycles. The van der Waals surface area contributed by atoms with Gasteiger partial charge in [-0.05, 0) is 57.5 Å². The quantitative estimate of drug-likeness (QED) is 0.571. The Labute approximate surface area is 197 Å². The molecular weight excluding hydrogens is 444 g/mol. The number of benzene rings is 1. The van der Waals surface area contributed by atoms with Gasteiger partial charge in [0.25, 0.3) is 5.91 Å². The average Bonchev–Trinajstić information content (AvgIpc) is 3.33. The van der Waals surface area contributed by atoms with Crippen LogP contribution in [0.5, 0.6) is 0 Å². The number of rotatable bonds is 6. The maximum atomic E-state index is 12.8. The summed E-state index contributed by atoms with van der Waals surface area (Å²) in [7, 11) is 0. The third kappa shape index (κ3) is 5.19. The van der Waals surface area contributed by atoms with Gasteiger partial charge in [-0.25, -0.2) is 4.98 Å². The molecule has 0 saturated carbocycles. The molecule has 1 aliphatic rings. The molecular formula is C24H27ClN4O4. The van der Waals surface area contributed by atoms with Gasteiger partial charge in [0, 0.05) is 18.3 Å². The third-order valence-electron chi connectivity index (χ3n) is 5.65. The minimum absolute atomic E-state index is 0.128. The van der Waals surface area contributed by atoms with Crippen LogP contribution in [0.3, 0.4) is 0 Å². The smallest absolute Gasteiger partial charge is 0.256 e. The van der Waals surface area contributed by atoms with E-state index in [1.165, 1.54) is 0 Å². The number of nitrogens with zero attached hydrogens (tertiary/aromatic N) is 2. The first kappa shape index (κ1) is 23.2. The number of pyridine rings is 1. The summed E-state index contributed by atoms with van der Waals surface area (Å²) < 4.78 is 13.0. The van der Waals surface area contributed by atoms with Gasteiger partial charge in [-0.15, -0.1) is 0 Å². The molecule has 174 valence electrons. The second-order valence-corrected chi connectivity index (χ2v) is 9.49. The largest absolute Gasteiger partial charge is 0.353 e. The number of halogens is 1. The van der Waals surface area contributed by atoms with E-state index in [0.29, 0.717) is 35.2 Å². The molecule has 1 fully saturated rings. The number of hydrogen-bond donors (Lipinski definition) is 2. The van der Waals surface area contributed by atoms with Crippen LogP contribution in [0.2, 0.25) is 5.02 Å². The highest BCUT2D eigenvalue weighted by atomic mass is 35.5. The standard InChI is InChI=1S/C24H27ClN4O4/c1-23(2,22(31)26-11-18-14-32-24(3,4)33-18)16-7-5-15(6-8-16)21(30)28-19-13-29-12-17(25)9-10-20(29)27-19/h5-10,12-13,18H,11,14H2,1-4H3,(H,26,31)(H,28,30)/t18-/m1/s1. The average molecular weight is 471 g/mol. The van der Waals surface area contributed by atoms with Gasteiger partial charge >= 0.3 is 0 Å². The maximum Gasteiger partial charge on any atom is 0.256 e. The number of carbonyl (C=O) groups is 2. The van der Waals surface area contributed by atoms with Crippen molar-refractivity contribution in [3.05, 3.63) is 64.9 Å². The van der Waals surface area contributed by atoms with Crippen molar-refractivity contribution in [1.29, 1.82) is 0 Å². The number of imidazole rings is 1. The summed E-state index contributed by atoms with van der Waals surface area (Å²) in [6.45, 7) is 8.19. The minimum Gasteiger partial charge on any atom is -0.353 e. The Kier molecular flexibility index (Phi) is 6.18. The Morgan fingerprint density at radius 1 is 1.18 bits per heavy atom. The Morgan fingerprint density at radius 2 is 1.91 bits per heavy atom. The molecule has 33 heavy (non-hydrogen) atoms. The first-order chi connectivity index (χ1) is 15.5. The van der Waals surface area contributed by atoms with Gasteiger partial charge in [-0.1, -0.05) is 23.7 Å². The van der Waals surface area contributed by atoms with E-state index in [-0.39, 0.29) is 17.9 Å². The number of anilines is 1. The molecule has 2 aromatic heterocycles. The predicted molar refractivity (Wildman–Crippen MR) is 126 cm³/mol. The molecule has 0 unspecified atom stereocenters. The van der Waals surface area contributed by atoms with E-state index in [1.807, 2.05) is 27.7 Å². The monoisotopic (exact) mass is 470 g/mol. The summed E-state index contributed by atoms with van der Waals surface area (Å²) in [5.74, 6) is -0.625. The summed E-state index contributed by atoms with van der Waals surface area (Å²) in [6, 6.07) is 10.5. The van der Waals surface area contributed by atoms with Crippen LogP contribution in [-0.2, 0) is 19.7 Å². The van der Waals surface area contributed by atoms with E-state index in [9.17, 15) is 9.59 Å². The van der Waals surface area contributed by atoms with Gasteiger partial charge in [0.15, 0.2) is 11.6 Å². The van der Waals surface area contributed by atoms with Crippen molar-refractivity contribution in [3.63, 3.8) is 0 Å². The van der Waals surface area contributed by atoms with E-state index >= 15 is 0 Å². The lowest BCUT2D eigenvalue weighted by Crippen LogP contribution is -2.43. The predicted octanol–water partition coefficient (Wildman–Crippen LogP) is 3.79. The fourth-order valence-corrected chi connectivity index (χ4v) is 3.84. The number of amides is 2. The van der Waals surface area contributed by atoms with Crippen LogP contribution in [0.4, 0.5) is 5.82 Å². The molecule has 0 spiro atoms. The molecule has 3 heterocycles. The Morgan fingerprint density at radius 3 is 2.58 bits per heavy atom. The molecule has 0 aliphatic carbocycles. The van der Waals surface area contributed by atoms with Gasteiger partial charge in [-0.3, -0.25) is 9.59 Å². The SMILES string of the molecule is CC1(C)OC[C@@H](CNC(=O)C(C)(C)c2ccc(C(=O)Nc3cn4cc(Cl)ccc4n3)cc2)O1.